The van der Waals surface area contributed by atoms with Gasteiger partial charge in [0.15, 0.2) is 5.69 Å². The normalized spacial score (nSPS) is 10.3. The molecule has 0 aliphatic heterocycles. The smallest absolute Gasteiger partial charge is 0.357 e. The van der Waals surface area contributed by atoms with Crippen molar-refractivity contribution in [2.24, 2.45) is 0 Å². The lowest BCUT2D eigenvalue weighted by Crippen LogP contribution is -1.95. The fraction of sp³-hybridized carbons (Fsp3) is 0. The maximum Gasteiger partial charge on any atom is 0.357 e. The molecule has 16 heavy (non-hydrogen) atoms. The number of carboxylic acid groups (broad SMARTS) is 1. The summed E-state index contributed by atoms with van der Waals surface area (Å²) >= 11 is 4.60. The van der Waals surface area contributed by atoms with Gasteiger partial charge in [-0.05, 0) is 36.0 Å². The van der Waals surface area contributed by atoms with E-state index < -0.39 is 5.97 Å². The highest BCUT2D eigenvalue weighted by atomic mass is 79.9. The molecule has 0 amide bonds. The number of rotatable bonds is 3. The Morgan fingerprint density at radius 1 is 1.38 bits per heavy atom. The summed E-state index contributed by atoms with van der Waals surface area (Å²) in [4.78, 5) is 15.3. The molecule has 0 aliphatic carbocycles. The number of aromatic nitrogens is 1. The second-order valence-corrected chi connectivity index (χ2v) is 4.80. The van der Waals surface area contributed by atoms with Crippen molar-refractivity contribution in [3.63, 3.8) is 0 Å². The predicted octanol–water partition coefficient (Wildman–Crippen LogP) is 3.29. The number of oxazole rings is 1. The highest BCUT2D eigenvalue weighted by Crippen LogP contribution is 2.27. The van der Waals surface area contributed by atoms with Crippen molar-refractivity contribution in [1.82, 2.24) is 4.98 Å². The van der Waals surface area contributed by atoms with E-state index in [9.17, 15) is 4.79 Å². The lowest BCUT2D eigenvalue weighted by atomic mass is 10.4. The van der Waals surface area contributed by atoms with E-state index in [0.29, 0.717) is 5.22 Å². The molecule has 0 aliphatic rings. The van der Waals surface area contributed by atoms with Crippen molar-refractivity contribution in [3.05, 3.63) is 40.7 Å². The summed E-state index contributed by atoms with van der Waals surface area (Å²) in [7, 11) is 0. The van der Waals surface area contributed by atoms with Crippen LogP contribution in [0.4, 0.5) is 0 Å². The number of carboxylic acids is 1. The molecular formula is C10H6BrNO3S. The number of hydrogen-bond acceptors (Lipinski definition) is 4. The van der Waals surface area contributed by atoms with Gasteiger partial charge in [-0.3, -0.25) is 0 Å². The largest absolute Gasteiger partial charge is 0.476 e. The molecule has 0 unspecified atom stereocenters. The topological polar surface area (TPSA) is 63.3 Å². The Labute approximate surface area is 104 Å². The standard InChI is InChI=1S/C10H6BrNO3S/c11-6-1-3-7(4-2-6)16-10-12-8(5-15-10)9(13)14/h1-5H,(H,13,14). The molecule has 0 atom stereocenters. The molecule has 0 spiro atoms. The first kappa shape index (κ1) is 11.2. The highest BCUT2D eigenvalue weighted by molar-refractivity contribution is 9.10. The third-order valence-electron chi connectivity index (χ3n) is 1.72. The molecule has 0 saturated carbocycles. The number of carbonyl (C=O) groups is 1. The summed E-state index contributed by atoms with van der Waals surface area (Å²) in [6.07, 6.45) is 1.13. The Bertz CT molecular complexity index is 509. The van der Waals surface area contributed by atoms with Crippen LogP contribution in [0.15, 0.2) is 49.5 Å². The van der Waals surface area contributed by atoms with Gasteiger partial charge in [-0.15, -0.1) is 0 Å². The van der Waals surface area contributed by atoms with Crippen LogP contribution in [0.5, 0.6) is 0 Å². The molecule has 1 N–H and O–H groups in total. The van der Waals surface area contributed by atoms with Crippen LogP contribution < -0.4 is 0 Å². The van der Waals surface area contributed by atoms with E-state index >= 15 is 0 Å². The summed E-state index contributed by atoms with van der Waals surface area (Å²) in [5.41, 5.74) is -0.0837. The minimum Gasteiger partial charge on any atom is -0.476 e. The van der Waals surface area contributed by atoms with Gasteiger partial charge in [0.25, 0.3) is 5.22 Å². The van der Waals surface area contributed by atoms with Gasteiger partial charge in [0, 0.05) is 9.37 Å². The van der Waals surface area contributed by atoms with E-state index in [1.807, 2.05) is 24.3 Å². The maximum absolute atomic E-state index is 10.6. The quantitative estimate of drug-likeness (QED) is 0.942. The molecule has 2 aromatic rings. The Hall–Kier alpha value is -1.27. The first-order valence-electron chi connectivity index (χ1n) is 4.27. The lowest BCUT2D eigenvalue weighted by molar-refractivity contribution is 0.0690. The highest BCUT2D eigenvalue weighted by Gasteiger charge is 2.11. The number of aromatic carboxylic acids is 1. The third kappa shape index (κ3) is 2.65. The summed E-state index contributed by atoms with van der Waals surface area (Å²) < 4.78 is 6.00. The maximum atomic E-state index is 10.6. The zero-order valence-electron chi connectivity index (χ0n) is 7.88. The van der Waals surface area contributed by atoms with Crippen molar-refractivity contribution in [1.29, 1.82) is 0 Å². The zero-order chi connectivity index (χ0) is 11.5. The molecule has 1 aromatic heterocycles. The van der Waals surface area contributed by atoms with Gasteiger partial charge in [0.2, 0.25) is 0 Å². The van der Waals surface area contributed by atoms with Crippen molar-refractivity contribution in [3.8, 4) is 0 Å². The molecule has 2 rings (SSSR count). The first-order valence-corrected chi connectivity index (χ1v) is 5.88. The van der Waals surface area contributed by atoms with E-state index in [1.54, 1.807) is 0 Å². The van der Waals surface area contributed by atoms with Gasteiger partial charge in [-0.2, -0.15) is 4.98 Å². The molecule has 6 heteroatoms. The minimum absolute atomic E-state index is 0.0837. The second-order valence-electron chi connectivity index (χ2n) is 2.86. The molecule has 4 nitrogen and oxygen atoms in total. The molecule has 1 aromatic carbocycles. The number of benzene rings is 1. The van der Waals surface area contributed by atoms with Gasteiger partial charge in [0.05, 0.1) is 0 Å². The number of halogens is 1. The predicted molar refractivity (Wildman–Crippen MR) is 61.7 cm³/mol. The molecule has 0 radical (unpaired) electrons. The van der Waals surface area contributed by atoms with Crippen LogP contribution in [0.2, 0.25) is 0 Å². The van der Waals surface area contributed by atoms with Crippen molar-refractivity contribution in [2.45, 2.75) is 10.1 Å². The van der Waals surface area contributed by atoms with E-state index in [-0.39, 0.29) is 5.69 Å². The fourth-order valence-corrected chi connectivity index (χ4v) is 1.98. The van der Waals surface area contributed by atoms with Crippen molar-refractivity contribution < 1.29 is 14.3 Å². The Kier molecular flexibility index (Phi) is 3.31. The average Bonchev–Trinajstić information content (AvgIpc) is 2.70. The molecule has 0 fully saturated rings. The lowest BCUT2D eigenvalue weighted by Gasteiger charge is -1.95. The van der Waals surface area contributed by atoms with Crippen LogP contribution in [0, 0.1) is 0 Å². The Morgan fingerprint density at radius 2 is 2.06 bits per heavy atom. The van der Waals surface area contributed by atoms with E-state index in [0.717, 1.165) is 15.6 Å². The van der Waals surface area contributed by atoms with E-state index in [4.69, 9.17) is 9.52 Å². The van der Waals surface area contributed by atoms with Crippen LogP contribution in [0.1, 0.15) is 10.5 Å². The fourth-order valence-electron chi connectivity index (χ4n) is 1.01. The van der Waals surface area contributed by atoms with Crippen LogP contribution >= 0.6 is 27.7 Å². The average molecular weight is 300 g/mol. The number of hydrogen-bond donors (Lipinski definition) is 1. The summed E-state index contributed by atoms with van der Waals surface area (Å²) in [6.45, 7) is 0. The van der Waals surface area contributed by atoms with Crippen molar-refractivity contribution >= 4 is 33.7 Å². The Balaban J connectivity index is 2.14. The van der Waals surface area contributed by atoms with E-state index in [2.05, 4.69) is 20.9 Å². The molecule has 0 bridgehead atoms. The van der Waals surface area contributed by atoms with Gasteiger partial charge >= 0.3 is 5.97 Å². The molecule has 82 valence electrons. The van der Waals surface area contributed by atoms with Crippen LogP contribution in [0.3, 0.4) is 0 Å². The van der Waals surface area contributed by atoms with Crippen LogP contribution in [0.25, 0.3) is 0 Å². The summed E-state index contributed by atoms with van der Waals surface area (Å²) in [5, 5.41) is 8.98. The minimum atomic E-state index is -1.09. The zero-order valence-corrected chi connectivity index (χ0v) is 10.3. The van der Waals surface area contributed by atoms with Crippen LogP contribution in [-0.4, -0.2) is 16.1 Å². The van der Waals surface area contributed by atoms with Crippen molar-refractivity contribution in [2.75, 3.05) is 0 Å². The van der Waals surface area contributed by atoms with Gasteiger partial charge in [-0.25, -0.2) is 4.79 Å². The summed E-state index contributed by atoms with van der Waals surface area (Å²) in [5.74, 6) is -1.09. The monoisotopic (exact) mass is 299 g/mol. The SMILES string of the molecule is O=C(O)c1coc(Sc2ccc(Br)cc2)n1. The van der Waals surface area contributed by atoms with E-state index in [1.165, 1.54) is 11.8 Å². The summed E-state index contributed by atoms with van der Waals surface area (Å²) in [6, 6.07) is 7.56. The van der Waals surface area contributed by atoms with Gasteiger partial charge in [0.1, 0.15) is 6.26 Å². The first-order chi connectivity index (χ1) is 7.65. The van der Waals surface area contributed by atoms with Gasteiger partial charge < -0.3 is 9.52 Å². The van der Waals surface area contributed by atoms with Crippen LogP contribution in [-0.2, 0) is 0 Å². The van der Waals surface area contributed by atoms with Gasteiger partial charge in [-0.1, -0.05) is 15.9 Å². The molecule has 1 heterocycles. The molecular weight excluding hydrogens is 294 g/mol. The number of nitrogens with zero attached hydrogens (tertiary/aromatic N) is 1. The Morgan fingerprint density at radius 3 is 2.62 bits per heavy atom. The molecule has 0 saturated heterocycles. The second kappa shape index (κ2) is 4.71. The third-order valence-corrected chi connectivity index (χ3v) is 3.12.